The maximum Gasteiger partial charge on any atom is 0.328 e. The van der Waals surface area contributed by atoms with Gasteiger partial charge in [0.15, 0.2) is 0 Å². The van der Waals surface area contributed by atoms with Gasteiger partial charge in [-0.25, -0.2) is 4.79 Å². The highest BCUT2D eigenvalue weighted by Gasteiger charge is 2.39. The largest absolute Gasteiger partial charge is 0.478 e. The van der Waals surface area contributed by atoms with Crippen molar-refractivity contribution in [3.63, 3.8) is 0 Å². The lowest BCUT2D eigenvalue weighted by Gasteiger charge is -2.19. The first-order valence-electron chi connectivity index (χ1n) is 9.36. The van der Waals surface area contributed by atoms with Crippen LogP contribution in [-0.2, 0) is 9.59 Å². The zero-order valence-electron chi connectivity index (χ0n) is 16.0. The number of carbonyl (C=O) groups excluding carboxylic acids is 1. The molecule has 0 saturated heterocycles. The van der Waals surface area contributed by atoms with E-state index in [1.54, 1.807) is 30.0 Å². The molecule has 0 heterocycles. The molecule has 5 nitrogen and oxygen atoms in total. The van der Waals surface area contributed by atoms with Crippen molar-refractivity contribution in [1.82, 2.24) is 0 Å². The number of aliphatic hydroxyl groups is 2. The third kappa shape index (κ3) is 8.79. The molecule has 0 radical (unpaired) electrons. The molecule has 0 amide bonds. The number of rotatable bonds is 10. The third-order valence-corrected chi connectivity index (χ3v) is 5.57. The van der Waals surface area contributed by atoms with Crippen LogP contribution < -0.4 is 0 Å². The number of aliphatic carboxylic acids is 1. The van der Waals surface area contributed by atoms with E-state index in [0.717, 1.165) is 12.5 Å². The highest BCUT2D eigenvalue weighted by molar-refractivity contribution is 7.99. The smallest absolute Gasteiger partial charge is 0.328 e. The minimum atomic E-state index is -0.969. The summed E-state index contributed by atoms with van der Waals surface area (Å²) in [5, 5.41) is 29.0. The van der Waals surface area contributed by atoms with Gasteiger partial charge in [-0.15, -0.1) is 11.8 Å². The molecule has 150 valence electrons. The van der Waals surface area contributed by atoms with Gasteiger partial charge in [0.1, 0.15) is 5.78 Å². The first-order valence-corrected chi connectivity index (χ1v) is 10.5. The molecule has 0 aromatic carbocycles. The first-order chi connectivity index (χ1) is 12.9. The summed E-state index contributed by atoms with van der Waals surface area (Å²) >= 11 is 1.56. The number of Topliss-reactive ketones (excluding diaryl/α,β-unsaturated/α-hetero) is 1. The summed E-state index contributed by atoms with van der Waals surface area (Å²) in [6, 6.07) is 0. The fourth-order valence-corrected chi connectivity index (χ4v) is 3.83. The third-order valence-electron chi connectivity index (χ3n) is 4.62. The molecule has 0 aliphatic heterocycles. The molecule has 27 heavy (non-hydrogen) atoms. The summed E-state index contributed by atoms with van der Waals surface area (Å²) in [6.07, 6.45) is 6.96. The molecule has 3 N–H and O–H groups in total. The summed E-state index contributed by atoms with van der Waals surface area (Å²) in [6.45, 7) is 3.90. The van der Waals surface area contributed by atoms with Gasteiger partial charge in [0.25, 0.3) is 0 Å². The average Bonchev–Trinajstić information content (AvgIpc) is 2.88. The van der Waals surface area contributed by atoms with Crippen molar-refractivity contribution < 1.29 is 24.9 Å². The first kappa shape index (κ1) is 23.5. The number of aliphatic hydroxyl groups excluding tert-OH is 2. The molecule has 1 fully saturated rings. The number of hydrogen-bond donors (Lipinski definition) is 3. The Labute approximate surface area is 165 Å². The molecule has 1 rings (SSSR count). The van der Waals surface area contributed by atoms with E-state index < -0.39 is 18.2 Å². The Bertz CT molecular complexity index is 601. The van der Waals surface area contributed by atoms with E-state index in [9.17, 15) is 19.8 Å². The van der Waals surface area contributed by atoms with E-state index in [-0.39, 0.29) is 30.0 Å². The summed E-state index contributed by atoms with van der Waals surface area (Å²) in [4.78, 5) is 22.6. The van der Waals surface area contributed by atoms with Crippen LogP contribution in [0, 0.1) is 29.6 Å². The number of carboxylic acid groups (broad SMARTS) is 1. The molecule has 0 aromatic rings. The summed E-state index contributed by atoms with van der Waals surface area (Å²) < 4.78 is 0. The minimum absolute atomic E-state index is 0.00965. The highest BCUT2D eigenvalue weighted by Crippen LogP contribution is 2.34. The molecular weight excluding hydrogens is 364 g/mol. The monoisotopic (exact) mass is 394 g/mol. The van der Waals surface area contributed by atoms with Gasteiger partial charge in [0, 0.05) is 42.9 Å². The van der Waals surface area contributed by atoms with Gasteiger partial charge in [-0.3, -0.25) is 4.79 Å². The zero-order chi connectivity index (χ0) is 20.2. The molecule has 6 heteroatoms. The summed E-state index contributed by atoms with van der Waals surface area (Å²) in [7, 11) is 0. The van der Waals surface area contributed by atoms with Crippen molar-refractivity contribution >= 4 is 23.5 Å². The Kier molecular flexibility index (Phi) is 11.1. The number of ketones is 1. The second-order valence-corrected chi connectivity index (χ2v) is 7.94. The van der Waals surface area contributed by atoms with Gasteiger partial charge in [-0.1, -0.05) is 32.1 Å². The summed E-state index contributed by atoms with van der Waals surface area (Å²) in [5.74, 6) is 5.84. The predicted molar refractivity (Wildman–Crippen MR) is 108 cm³/mol. The van der Waals surface area contributed by atoms with Gasteiger partial charge < -0.3 is 15.3 Å². The number of carboxylic acids is 1. The lowest BCUT2D eigenvalue weighted by atomic mass is 9.90. The molecule has 1 unspecified atom stereocenters. The molecule has 0 bridgehead atoms. The van der Waals surface area contributed by atoms with E-state index in [4.69, 9.17) is 5.11 Å². The van der Waals surface area contributed by atoms with Crippen molar-refractivity contribution in [3.8, 4) is 11.8 Å². The Hall–Kier alpha value is -1.55. The van der Waals surface area contributed by atoms with E-state index in [0.29, 0.717) is 24.3 Å². The Morgan fingerprint density at radius 3 is 2.81 bits per heavy atom. The topological polar surface area (TPSA) is 94.8 Å². The average molecular weight is 395 g/mol. The van der Waals surface area contributed by atoms with Gasteiger partial charge in [-0.05, 0) is 18.1 Å². The molecule has 0 spiro atoms. The SMILES string of the molecule is CCC#CC[C@H](C)C(O)/C=C/[C@H]1[C@H](O)CC(=O)[C@@H]1CCSC/C=C/C(=O)O. The van der Waals surface area contributed by atoms with Gasteiger partial charge >= 0.3 is 5.97 Å². The van der Waals surface area contributed by atoms with E-state index in [2.05, 4.69) is 11.8 Å². The van der Waals surface area contributed by atoms with Crippen LogP contribution in [0.1, 0.15) is 39.5 Å². The molecule has 1 aliphatic carbocycles. The van der Waals surface area contributed by atoms with Crippen molar-refractivity contribution in [3.05, 3.63) is 24.3 Å². The maximum atomic E-state index is 12.2. The van der Waals surface area contributed by atoms with Crippen LogP contribution in [0.2, 0.25) is 0 Å². The predicted octanol–water partition coefficient (Wildman–Crippen LogP) is 2.67. The van der Waals surface area contributed by atoms with E-state index in [1.807, 2.05) is 13.8 Å². The quantitative estimate of drug-likeness (QED) is 0.228. The van der Waals surface area contributed by atoms with Crippen molar-refractivity contribution in [2.24, 2.45) is 17.8 Å². The van der Waals surface area contributed by atoms with Crippen LogP contribution in [0.15, 0.2) is 24.3 Å². The van der Waals surface area contributed by atoms with Crippen LogP contribution in [0.3, 0.4) is 0 Å². The number of thioether (sulfide) groups is 1. The van der Waals surface area contributed by atoms with E-state index in [1.165, 1.54) is 0 Å². The second kappa shape index (κ2) is 12.8. The minimum Gasteiger partial charge on any atom is -0.478 e. The fourth-order valence-electron chi connectivity index (χ4n) is 3.01. The van der Waals surface area contributed by atoms with Crippen molar-refractivity contribution in [2.75, 3.05) is 11.5 Å². The Morgan fingerprint density at radius 2 is 2.15 bits per heavy atom. The standard InChI is InChI=1S/C21H30O5S/c1-3-4-5-7-15(2)18(22)10-9-16-17(20(24)14-19(16)23)11-13-27-12-6-8-21(25)26/h6,8-10,15-19,22-23H,3,7,11-14H2,1-2H3,(H,25,26)/b8-6+,10-9+/t15-,16+,17+,18?,19+/m0/s1. The normalized spacial score (nSPS) is 24.9. The van der Waals surface area contributed by atoms with Crippen LogP contribution in [0.5, 0.6) is 0 Å². The Balaban J connectivity index is 2.54. The second-order valence-electron chi connectivity index (χ2n) is 6.79. The highest BCUT2D eigenvalue weighted by atomic mass is 32.2. The Morgan fingerprint density at radius 1 is 1.41 bits per heavy atom. The van der Waals surface area contributed by atoms with Crippen LogP contribution >= 0.6 is 11.8 Å². The van der Waals surface area contributed by atoms with E-state index >= 15 is 0 Å². The molecule has 5 atom stereocenters. The zero-order valence-corrected chi connectivity index (χ0v) is 16.8. The van der Waals surface area contributed by atoms with Gasteiger partial charge in [0.05, 0.1) is 12.2 Å². The fraction of sp³-hybridized carbons (Fsp3) is 0.619. The molecule has 1 aliphatic rings. The maximum absolute atomic E-state index is 12.2. The van der Waals surface area contributed by atoms with Crippen LogP contribution in [0.4, 0.5) is 0 Å². The van der Waals surface area contributed by atoms with Gasteiger partial charge in [0.2, 0.25) is 0 Å². The summed E-state index contributed by atoms with van der Waals surface area (Å²) in [5.41, 5.74) is 0. The lowest BCUT2D eigenvalue weighted by Crippen LogP contribution is -2.21. The number of hydrogen-bond acceptors (Lipinski definition) is 5. The molecular formula is C21H30O5S. The lowest BCUT2D eigenvalue weighted by molar-refractivity contribution is -0.131. The van der Waals surface area contributed by atoms with Gasteiger partial charge in [-0.2, -0.15) is 11.8 Å². The number of carbonyl (C=O) groups is 2. The molecule has 0 aromatic heterocycles. The van der Waals surface area contributed by atoms with Crippen molar-refractivity contribution in [2.45, 2.75) is 51.7 Å². The van der Waals surface area contributed by atoms with Crippen molar-refractivity contribution in [1.29, 1.82) is 0 Å². The molecule has 1 saturated carbocycles. The van der Waals surface area contributed by atoms with Crippen LogP contribution in [-0.4, -0.2) is 50.8 Å². The van der Waals surface area contributed by atoms with Crippen LogP contribution in [0.25, 0.3) is 0 Å².